The second-order valence-corrected chi connectivity index (χ2v) is 8.83. The number of hydrogen-bond acceptors (Lipinski definition) is 5. The van der Waals surface area contributed by atoms with Crippen molar-refractivity contribution in [3.05, 3.63) is 59.4 Å². The van der Waals surface area contributed by atoms with Gasteiger partial charge in [0.15, 0.2) is 0 Å². The number of hydrogen-bond donors (Lipinski definition) is 0. The van der Waals surface area contributed by atoms with E-state index in [-0.39, 0.29) is 4.90 Å². The number of benzene rings is 1. The summed E-state index contributed by atoms with van der Waals surface area (Å²) in [5.74, 6) is 0. The summed E-state index contributed by atoms with van der Waals surface area (Å²) in [6.45, 7) is 4.89. The molecular formula is C19H24ClN3O3S. The van der Waals surface area contributed by atoms with Crippen LogP contribution in [0.25, 0.3) is 0 Å². The lowest BCUT2D eigenvalue weighted by molar-refractivity contribution is 0.0368. The first-order valence-electron chi connectivity index (χ1n) is 9.00. The molecule has 2 aromatic rings. The molecule has 0 aliphatic carbocycles. The van der Waals surface area contributed by atoms with Crippen molar-refractivity contribution in [2.75, 3.05) is 39.4 Å². The Kier molecular flexibility index (Phi) is 7.20. The quantitative estimate of drug-likeness (QED) is 0.670. The molecule has 0 saturated carbocycles. The third kappa shape index (κ3) is 5.73. The largest absolute Gasteiger partial charge is 0.379 e. The molecule has 3 rings (SSSR count). The molecular weight excluding hydrogens is 386 g/mol. The summed E-state index contributed by atoms with van der Waals surface area (Å²) in [5.41, 5.74) is 0.911. The van der Waals surface area contributed by atoms with E-state index >= 15 is 0 Å². The fraction of sp³-hybridized carbons (Fsp3) is 0.421. The highest BCUT2D eigenvalue weighted by Crippen LogP contribution is 2.21. The van der Waals surface area contributed by atoms with Crippen molar-refractivity contribution in [3.63, 3.8) is 0 Å². The first-order valence-corrected chi connectivity index (χ1v) is 10.8. The van der Waals surface area contributed by atoms with Gasteiger partial charge in [0.2, 0.25) is 10.0 Å². The molecule has 8 heteroatoms. The van der Waals surface area contributed by atoms with E-state index in [4.69, 9.17) is 16.3 Å². The molecule has 0 radical (unpaired) electrons. The zero-order valence-corrected chi connectivity index (χ0v) is 16.7. The number of ether oxygens (including phenoxy) is 1. The van der Waals surface area contributed by atoms with Gasteiger partial charge in [0.25, 0.3) is 0 Å². The summed E-state index contributed by atoms with van der Waals surface area (Å²) in [6.07, 6.45) is 4.12. The van der Waals surface area contributed by atoms with Crippen molar-refractivity contribution >= 4 is 21.6 Å². The van der Waals surface area contributed by atoms with Gasteiger partial charge >= 0.3 is 0 Å². The Morgan fingerprint density at radius 2 is 1.74 bits per heavy atom. The van der Waals surface area contributed by atoms with Gasteiger partial charge in [-0.25, -0.2) is 8.42 Å². The zero-order valence-electron chi connectivity index (χ0n) is 15.1. The molecule has 0 N–H and O–H groups in total. The molecule has 1 aromatic carbocycles. The number of aromatic nitrogens is 1. The second kappa shape index (κ2) is 9.61. The highest BCUT2D eigenvalue weighted by Gasteiger charge is 2.24. The SMILES string of the molecule is O=S(=O)(c1ccc(Cl)cc1)N(CCCN1CCOCC1)Cc1ccncc1. The van der Waals surface area contributed by atoms with E-state index in [0.29, 0.717) is 18.1 Å². The van der Waals surface area contributed by atoms with Crippen LogP contribution in [0.15, 0.2) is 53.7 Å². The minimum atomic E-state index is -3.61. The van der Waals surface area contributed by atoms with Gasteiger partial charge in [-0.05, 0) is 54.9 Å². The number of morpholine rings is 1. The molecule has 0 atom stereocenters. The lowest BCUT2D eigenvalue weighted by atomic mass is 10.2. The van der Waals surface area contributed by atoms with E-state index in [1.165, 1.54) is 4.31 Å². The maximum atomic E-state index is 13.2. The third-order valence-electron chi connectivity index (χ3n) is 4.55. The molecule has 1 aliphatic rings. The summed E-state index contributed by atoms with van der Waals surface area (Å²) in [5, 5.41) is 0.516. The van der Waals surface area contributed by atoms with Gasteiger partial charge in [-0.15, -0.1) is 0 Å². The summed E-state index contributed by atoms with van der Waals surface area (Å²) in [7, 11) is -3.61. The van der Waals surface area contributed by atoms with Crippen molar-refractivity contribution < 1.29 is 13.2 Å². The Labute approximate surface area is 165 Å². The highest BCUT2D eigenvalue weighted by molar-refractivity contribution is 7.89. The lowest BCUT2D eigenvalue weighted by Gasteiger charge is -2.28. The van der Waals surface area contributed by atoms with Crippen molar-refractivity contribution in [2.24, 2.45) is 0 Å². The lowest BCUT2D eigenvalue weighted by Crippen LogP contribution is -2.39. The van der Waals surface area contributed by atoms with Gasteiger partial charge in [-0.2, -0.15) is 4.31 Å². The summed E-state index contributed by atoms with van der Waals surface area (Å²) in [4.78, 5) is 6.57. The molecule has 0 bridgehead atoms. The van der Waals surface area contributed by atoms with Gasteiger partial charge < -0.3 is 4.74 Å². The standard InChI is InChI=1S/C19H24ClN3O3S/c20-18-2-4-19(5-3-18)27(24,25)23(16-17-6-8-21-9-7-17)11-1-10-22-12-14-26-15-13-22/h2-9H,1,10-16H2. The normalized spacial score (nSPS) is 15.9. The second-order valence-electron chi connectivity index (χ2n) is 6.46. The topological polar surface area (TPSA) is 62.7 Å². The van der Waals surface area contributed by atoms with E-state index < -0.39 is 10.0 Å². The summed E-state index contributed by atoms with van der Waals surface area (Å²) < 4.78 is 33.2. The van der Waals surface area contributed by atoms with Crippen LogP contribution in [0.4, 0.5) is 0 Å². The van der Waals surface area contributed by atoms with E-state index in [2.05, 4.69) is 9.88 Å². The summed E-state index contributed by atoms with van der Waals surface area (Å²) in [6, 6.07) is 10.00. The Bertz CT molecular complexity index is 810. The molecule has 1 aliphatic heterocycles. The molecule has 1 aromatic heterocycles. The van der Waals surface area contributed by atoms with Crippen LogP contribution < -0.4 is 0 Å². The zero-order chi connectivity index (χ0) is 19.1. The van der Waals surface area contributed by atoms with Crippen LogP contribution >= 0.6 is 11.6 Å². The molecule has 2 heterocycles. The minimum Gasteiger partial charge on any atom is -0.379 e. The Hall–Kier alpha value is -1.51. The van der Waals surface area contributed by atoms with Gasteiger partial charge in [0.1, 0.15) is 0 Å². The van der Waals surface area contributed by atoms with Crippen molar-refractivity contribution in [3.8, 4) is 0 Å². The van der Waals surface area contributed by atoms with Crippen molar-refractivity contribution in [1.82, 2.24) is 14.2 Å². The van der Waals surface area contributed by atoms with Crippen LogP contribution in [0.2, 0.25) is 5.02 Å². The predicted octanol–water partition coefficient (Wildman–Crippen LogP) is 2.65. The van der Waals surface area contributed by atoms with E-state index in [1.54, 1.807) is 36.7 Å². The highest BCUT2D eigenvalue weighted by atomic mass is 35.5. The average Bonchev–Trinajstić information content (AvgIpc) is 2.69. The van der Waals surface area contributed by atoms with Crippen LogP contribution in [-0.4, -0.2) is 62.0 Å². The van der Waals surface area contributed by atoms with Crippen LogP contribution in [0.1, 0.15) is 12.0 Å². The monoisotopic (exact) mass is 409 g/mol. The fourth-order valence-corrected chi connectivity index (χ4v) is 4.62. The number of halogens is 1. The molecule has 0 spiro atoms. The Morgan fingerprint density at radius 3 is 2.41 bits per heavy atom. The van der Waals surface area contributed by atoms with Crippen LogP contribution in [0, 0.1) is 0 Å². The van der Waals surface area contributed by atoms with E-state index in [0.717, 1.165) is 44.8 Å². The van der Waals surface area contributed by atoms with Crippen LogP contribution in [-0.2, 0) is 21.3 Å². The number of nitrogens with zero attached hydrogens (tertiary/aromatic N) is 3. The smallest absolute Gasteiger partial charge is 0.243 e. The summed E-state index contributed by atoms with van der Waals surface area (Å²) >= 11 is 5.91. The first-order chi connectivity index (χ1) is 13.1. The van der Waals surface area contributed by atoms with Gasteiger partial charge in [0, 0.05) is 43.6 Å². The fourth-order valence-electron chi connectivity index (χ4n) is 3.03. The van der Waals surface area contributed by atoms with Crippen LogP contribution in [0.3, 0.4) is 0 Å². The van der Waals surface area contributed by atoms with E-state index in [9.17, 15) is 8.42 Å². The minimum absolute atomic E-state index is 0.257. The van der Waals surface area contributed by atoms with Gasteiger partial charge in [-0.3, -0.25) is 9.88 Å². The molecule has 6 nitrogen and oxygen atoms in total. The Balaban J connectivity index is 1.72. The first kappa shape index (κ1) is 20.2. The van der Waals surface area contributed by atoms with Crippen LogP contribution in [0.5, 0.6) is 0 Å². The number of pyridine rings is 1. The molecule has 0 unspecified atom stereocenters. The number of rotatable bonds is 8. The molecule has 1 fully saturated rings. The Morgan fingerprint density at radius 1 is 1.07 bits per heavy atom. The van der Waals surface area contributed by atoms with Gasteiger partial charge in [-0.1, -0.05) is 11.6 Å². The molecule has 146 valence electrons. The maximum Gasteiger partial charge on any atom is 0.243 e. The molecule has 1 saturated heterocycles. The van der Waals surface area contributed by atoms with Crippen molar-refractivity contribution in [1.29, 1.82) is 0 Å². The van der Waals surface area contributed by atoms with E-state index in [1.807, 2.05) is 12.1 Å². The predicted molar refractivity (Wildman–Crippen MR) is 105 cm³/mol. The van der Waals surface area contributed by atoms with Gasteiger partial charge in [0.05, 0.1) is 18.1 Å². The third-order valence-corrected chi connectivity index (χ3v) is 6.66. The van der Waals surface area contributed by atoms with Crippen molar-refractivity contribution in [2.45, 2.75) is 17.9 Å². The maximum absolute atomic E-state index is 13.2. The average molecular weight is 410 g/mol. The molecule has 27 heavy (non-hydrogen) atoms. The number of sulfonamides is 1. The molecule has 0 amide bonds.